The molecule has 104 valence electrons. The van der Waals surface area contributed by atoms with E-state index in [1.54, 1.807) is 0 Å². The van der Waals surface area contributed by atoms with Gasteiger partial charge < -0.3 is 16.2 Å². The average Bonchev–Trinajstić information content (AvgIpc) is 2.29. The van der Waals surface area contributed by atoms with E-state index in [4.69, 9.17) is 22.4 Å². The van der Waals surface area contributed by atoms with Crippen molar-refractivity contribution in [2.45, 2.75) is 26.8 Å². The smallest absolute Gasteiger partial charge is 0.337 e. The summed E-state index contributed by atoms with van der Waals surface area (Å²) >= 11 is 5.74. The Bertz CT molecular complexity index is 509. The summed E-state index contributed by atoms with van der Waals surface area (Å²) in [5.41, 5.74) is 5.72. The molecule has 1 rings (SSSR count). The molecule has 0 aliphatic rings. The van der Waals surface area contributed by atoms with Gasteiger partial charge in [0.15, 0.2) is 0 Å². The fourth-order valence-electron chi connectivity index (χ4n) is 1.38. The van der Waals surface area contributed by atoms with Crippen molar-refractivity contribution in [3.63, 3.8) is 0 Å². The molecule has 1 atom stereocenters. The molecule has 0 saturated carbocycles. The zero-order valence-corrected chi connectivity index (χ0v) is 11.8. The fourth-order valence-corrected chi connectivity index (χ4v) is 1.58. The van der Waals surface area contributed by atoms with Gasteiger partial charge in [0, 0.05) is 5.69 Å². The lowest BCUT2D eigenvalue weighted by molar-refractivity contribution is -0.119. The van der Waals surface area contributed by atoms with Crippen LogP contribution in [0.1, 0.15) is 31.1 Å². The zero-order chi connectivity index (χ0) is 14.8. The Morgan fingerprint density at radius 2 is 1.95 bits per heavy atom. The summed E-state index contributed by atoms with van der Waals surface area (Å²) < 4.78 is 0. The second-order valence-corrected chi connectivity index (χ2v) is 5.74. The highest BCUT2D eigenvalue weighted by molar-refractivity contribution is 6.33. The number of rotatable bonds is 3. The Hall–Kier alpha value is -1.59. The number of hydrogen-bond donors (Lipinski definition) is 3. The number of anilines is 1. The first-order chi connectivity index (χ1) is 8.62. The predicted octanol–water partition coefficient (Wildman–Crippen LogP) is 2.35. The van der Waals surface area contributed by atoms with Gasteiger partial charge in [0.2, 0.25) is 5.91 Å². The zero-order valence-electron chi connectivity index (χ0n) is 11.0. The first-order valence-corrected chi connectivity index (χ1v) is 6.10. The monoisotopic (exact) mass is 284 g/mol. The van der Waals surface area contributed by atoms with Gasteiger partial charge >= 0.3 is 5.97 Å². The van der Waals surface area contributed by atoms with E-state index in [9.17, 15) is 9.59 Å². The van der Waals surface area contributed by atoms with Gasteiger partial charge in [-0.25, -0.2) is 4.79 Å². The Labute approximate surface area is 116 Å². The molecule has 0 heterocycles. The van der Waals surface area contributed by atoms with Crippen molar-refractivity contribution in [1.82, 2.24) is 0 Å². The van der Waals surface area contributed by atoms with Gasteiger partial charge in [0.05, 0.1) is 16.6 Å². The van der Waals surface area contributed by atoms with Gasteiger partial charge in [-0.1, -0.05) is 32.4 Å². The molecule has 0 saturated heterocycles. The first-order valence-electron chi connectivity index (χ1n) is 5.72. The van der Waals surface area contributed by atoms with Gasteiger partial charge in [-0.15, -0.1) is 0 Å². The van der Waals surface area contributed by atoms with E-state index in [1.807, 2.05) is 20.8 Å². The number of benzene rings is 1. The molecule has 0 aliphatic heterocycles. The number of carboxylic acid groups (broad SMARTS) is 1. The van der Waals surface area contributed by atoms with Gasteiger partial charge in [-0.2, -0.15) is 0 Å². The summed E-state index contributed by atoms with van der Waals surface area (Å²) in [6.45, 7) is 5.55. The molecular weight excluding hydrogens is 268 g/mol. The van der Waals surface area contributed by atoms with Crippen LogP contribution in [0.5, 0.6) is 0 Å². The molecule has 0 fully saturated rings. The van der Waals surface area contributed by atoms with Crippen molar-refractivity contribution in [2.24, 2.45) is 11.1 Å². The number of halogens is 1. The average molecular weight is 285 g/mol. The van der Waals surface area contributed by atoms with Crippen LogP contribution in [0.25, 0.3) is 0 Å². The van der Waals surface area contributed by atoms with E-state index in [-0.39, 0.29) is 21.9 Å². The Morgan fingerprint density at radius 1 is 1.37 bits per heavy atom. The standard InChI is InChI=1S/C13H17ClN2O3/c1-13(2,3)10(15)11(17)16-7-4-5-9(14)8(6-7)12(18)19/h4-6,10H,15H2,1-3H3,(H,16,17)(H,18,19)/t10-/m0/s1. The Balaban J connectivity index is 2.92. The number of nitrogens with two attached hydrogens (primary N) is 1. The fraction of sp³-hybridized carbons (Fsp3) is 0.385. The van der Waals surface area contributed by atoms with E-state index >= 15 is 0 Å². The number of carbonyl (C=O) groups is 2. The van der Waals surface area contributed by atoms with Gasteiger partial charge in [0.1, 0.15) is 0 Å². The van der Waals surface area contributed by atoms with Crippen molar-refractivity contribution >= 4 is 29.2 Å². The van der Waals surface area contributed by atoms with Crippen LogP contribution >= 0.6 is 11.6 Å². The van der Waals surface area contributed by atoms with Crippen molar-refractivity contribution in [3.8, 4) is 0 Å². The molecule has 1 aromatic carbocycles. The van der Waals surface area contributed by atoms with E-state index in [0.29, 0.717) is 5.69 Å². The largest absolute Gasteiger partial charge is 0.478 e. The molecule has 4 N–H and O–H groups in total. The van der Waals surface area contributed by atoms with Gasteiger partial charge in [-0.05, 0) is 23.6 Å². The van der Waals surface area contributed by atoms with Crippen molar-refractivity contribution in [1.29, 1.82) is 0 Å². The number of aromatic carboxylic acids is 1. The van der Waals surface area contributed by atoms with Crippen LogP contribution in [0.4, 0.5) is 5.69 Å². The van der Waals surface area contributed by atoms with Crippen LogP contribution in [0, 0.1) is 5.41 Å². The summed E-state index contributed by atoms with van der Waals surface area (Å²) in [4.78, 5) is 22.8. The third kappa shape index (κ3) is 3.94. The maximum Gasteiger partial charge on any atom is 0.337 e. The van der Waals surface area contributed by atoms with Crippen molar-refractivity contribution < 1.29 is 14.7 Å². The lowest BCUT2D eigenvalue weighted by atomic mass is 9.87. The molecular formula is C13H17ClN2O3. The molecule has 1 amide bonds. The summed E-state index contributed by atoms with van der Waals surface area (Å²) in [5, 5.41) is 11.6. The maximum absolute atomic E-state index is 11.9. The molecule has 5 nitrogen and oxygen atoms in total. The van der Waals surface area contributed by atoms with Crippen LogP contribution in [0.3, 0.4) is 0 Å². The topological polar surface area (TPSA) is 92.4 Å². The molecule has 0 aliphatic carbocycles. The molecule has 0 radical (unpaired) electrons. The number of carbonyl (C=O) groups excluding carboxylic acids is 1. The summed E-state index contributed by atoms with van der Waals surface area (Å²) in [6, 6.07) is 3.56. The highest BCUT2D eigenvalue weighted by atomic mass is 35.5. The third-order valence-electron chi connectivity index (χ3n) is 2.68. The third-order valence-corrected chi connectivity index (χ3v) is 3.01. The normalized spacial score (nSPS) is 12.9. The molecule has 0 spiro atoms. The minimum absolute atomic E-state index is 0.0659. The lowest BCUT2D eigenvalue weighted by Crippen LogP contribution is -2.45. The summed E-state index contributed by atoms with van der Waals surface area (Å²) in [5.74, 6) is -1.52. The van der Waals surface area contributed by atoms with Gasteiger partial charge in [0.25, 0.3) is 0 Å². The quantitative estimate of drug-likeness (QED) is 0.794. The maximum atomic E-state index is 11.9. The minimum Gasteiger partial charge on any atom is -0.478 e. The predicted molar refractivity (Wildman–Crippen MR) is 74.5 cm³/mol. The summed E-state index contributed by atoms with van der Waals surface area (Å²) in [6.07, 6.45) is 0. The molecule has 0 aromatic heterocycles. The van der Waals surface area contributed by atoms with Crippen LogP contribution in [0.2, 0.25) is 5.02 Å². The Morgan fingerprint density at radius 3 is 2.42 bits per heavy atom. The van der Waals surface area contributed by atoms with Crippen molar-refractivity contribution in [2.75, 3.05) is 5.32 Å². The van der Waals surface area contributed by atoms with Crippen LogP contribution in [-0.4, -0.2) is 23.0 Å². The van der Waals surface area contributed by atoms with Crippen molar-refractivity contribution in [3.05, 3.63) is 28.8 Å². The molecule has 6 heteroatoms. The number of nitrogens with one attached hydrogen (secondary N) is 1. The number of hydrogen-bond acceptors (Lipinski definition) is 3. The highest BCUT2D eigenvalue weighted by Crippen LogP contribution is 2.22. The second-order valence-electron chi connectivity index (χ2n) is 5.33. The van der Waals surface area contributed by atoms with E-state index in [0.717, 1.165) is 0 Å². The van der Waals surface area contributed by atoms with E-state index in [2.05, 4.69) is 5.32 Å². The Kier molecular flexibility index (Phi) is 4.55. The molecule has 0 unspecified atom stereocenters. The minimum atomic E-state index is -1.15. The first kappa shape index (κ1) is 15.5. The summed E-state index contributed by atoms with van der Waals surface area (Å²) in [7, 11) is 0. The van der Waals surface area contributed by atoms with Crippen LogP contribution in [-0.2, 0) is 4.79 Å². The number of carboxylic acids is 1. The molecule has 1 aromatic rings. The van der Waals surface area contributed by atoms with Crippen LogP contribution in [0.15, 0.2) is 18.2 Å². The molecule has 0 bridgehead atoms. The van der Waals surface area contributed by atoms with Gasteiger partial charge in [-0.3, -0.25) is 4.79 Å². The van der Waals surface area contributed by atoms with E-state index in [1.165, 1.54) is 18.2 Å². The highest BCUT2D eigenvalue weighted by Gasteiger charge is 2.27. The van der Waals surface area contributed by atoms with Crippen LogP contribution < -0.4 is 11.1 Å². The van der Waals surface area contributed by atoms with E-state index < -0.39 is 12.0 Å². The lowest BCUT2D eigenvalue weighted by Gasteiger charge is -2.25. The molecule has 19 heavy (non-hydrogen) atoms. The second kappa shape index (κ2) is 5.59. The SMILES string of the molecule is CC(C)(C)[C@@H](N)C(=O)Nc1ccc(Cl)c(C(=O)O)c1. The number of amides is 1.